The summed E-state index contributed by atoms with van der Waals surface area (Å²) < 4.78 is 43.0. The summed E-state index contributed by atoms with van der Waals surface area (Å²) in [6.45, 7) is 1.22. The van der Waals surface area contributed by atoms with Gasteiger partial charge in [-0.05, 0) is 42.5 Å². The van der Waals surface area contributed by atoms with Crippen LogP contribution in [0.5, 0.6) is 17.2 Å². The topological polar surface area (TPSA) is 120 Å². The summed E-state index contributed by atoms with van der Waals surface area (Å²) >= 11 is 0. The highest BCUT2D eigenvalue weighted by molar-refractivity contribution is 7.89. The van der Waals surface area contributed by atoms with E-state index in [1.54, 1.807) is 30.3 Å². The SMILES string of the molecule is COc1ccc(S(=O)(=O)NCCNC(=O)CCC(=O)c2ccc3c(c2)OCCCO3)cc1. The molecule has 0 fully saturated rings. The molecule has 0 atom stereocenters. The van der Waals surface area contributed by atoms with Crippen molar-refractivity contribution in [1.29, 1.82) is 0 Å². The quantitative estimate of drug-likeness (QED) is 0.409. The molecule has 3 rings (SSSR count). The smallest absolute Gasteiger partial charge is 0.240 e. The highest BCUT2D eigenvalue weighted by Gasteiger charge is 2.16. The van der Waals surface area contributed by atoms with Crippen LogP contribution in [0, 0.1) is 0 Å². The molecule has 1 amide bonds. The third kappa shape index (κ3) is 6.44. The molecule has 2 N–H and O–H groups in total. The van der Waals surface area contributed by atoms with Gasteiger partial charge in [-0.15, -0.1) is 0 Å². The van der Waals surface area contributed by atoms with Gasteiger partial charge in [-0.2, -0.15) is 0 Å². The highest BCUT2D eigenvalue weighted by Crippen LogP contribution is 2.30. The van der Waals surface area contributed by atoms with E-state index in [1.165, 1.54) is 19.2 Å². The summed E-state index contributed by atoms with van der Waals surface area (Å²) in [6, 6.07) is 11.0. The molecule has 0 aliphatic carbocycles. The first-order valence-corrected chi connectivity index (χ1v) is 11.7. The molecular formula is C22H26N2O7S. The molecule has 0 saturated carbocycles. The number of rotatable bonds is 10. The van der Waals surface area contributed by atoms with Crippen LogP contribution in [0.2, 0.25) is 0 Å². The van der Waals surface area contributed by atoms with Gasteiger partial charge in [0.05, 0.1) is 25.2 Å². The zero-order valence-electron chi connectivity index (χ0n) is 17.8. The largest absolute Gasteiger partial charge is 0.497 e. The molecule has 0 saturated heterocycles. The number of nitrogens with one attached hydrogen (secondary N) is 2. The van der Waals surface area contributed by atoms with Crippen LogP contribution in [0.4, 0.5) is 0 Å². The van der Waals surface area contributed by atoms with E-state index in [-0.39, 0.29) is 42.5 Å². The molecule has 2 aromatic rings. The van der Waals surface area contributed by atoms with Gasteiger partial charge in [0.1, 0.15) is 5.75 Å². The summed E-state index contributed by atoms with van der Waals surface area (Å²) in [4.78, 5) is 24.5. The van der Waals surface area contributed by atoms with Crippen molar-refractivity contribution in [2.24, 2.45) is 0 Å². The van der Waals surface area contributed by atoms with Crippen molar-refractivity contribution in [3.05, 3.63) is 48.0 Å². The minimum Gasteiger partial charge on any atom is -0.497 e. The summed E-state index contributed by atoms with van der Waals surface area (Å²) in [7, 11) is -2.19. The van der Waals surface area contributed by atoms with Crippen LogP contribution >= 0.6 is 0 Å². The van der Waals surface area contributed by atoms with Gasteiger partial charge >= 0.3 is 0 Å². The van der Waals surface area contributed by atoms with Crippen LogP contribution in [0.3, 0.4) is 0 Å². The zero-order valence-corrected chi connectivity index (χ0v) is 18.6. The lowest BCUT2D eigenvalue weighted by molar-refractivity contribution is -0.121. The van der Waals surface area contributed by atoms with Crippen molar-refractivity contribution in [2.75, 3.05) is 33.4 Å². The van der Waals surface area contributed by atoms with Crippen molar-refractivity contribution >= 4 is 21.7 Å². The van der Waals surface area contributed by atoms with Gasteiger partial charge in [-0.3, -0.25) is 9.59 Å². The first-order valence-electron chi connectivity index (χ1n) is 10.2. The Balaban J connectivity index is 1.40. The Morgan fingerprint density at radius 2 is 1.69 bits per heavy atom. The molecule has 0 radical (unpaired) electrons. The number of fused-ring (bicyclic) bond motifs is 1. The van der Waals surface area contributed by atoms with Crippen molar-refractivity contribution in [2.45, 2.75) is 24.2 Å². The number of hydrogen-bond donors (Lipinski definition) is 2. The number of benzene rings is 2. The number of Topliss-reactive ketones (excluding diaryl/α,β-unsaturated/α-hetero) is 1. The third-order valence-corrected chi connectivity index (χ3v) is 6.23. The third-order valence-electron chi connectivity index (χ3n) is 4.76. The molecule has 1 heterocycles. The van der Waals surface area contributed by atoms with Gasteiger partial charge in [0, 0.05) is 37.9 Å². The van der Waals surface area contributed by atoms with Gasteiger partial charge in [0.25, 0.3) is 0 Å². The number of carbonyl (C=O) groups excluding carboxylic acids is 2. The highest BCUT2D eigenvalue weighted by atomic mass is 32.2. The van der Waals surface area contributed by atoms with Crippen LogP contribution in [0.25, 0.3) is 0 Å². The van der Waals surface area contributed by atoms with Crippen molar-refractivity contribution in [3.8, 4) is 17.2 Å². The maximum atomic E-state index is 12.4. The van der Waals surface area contributed by atoms with Gasteiger partial charge in [-0.25, -0.2) is 13.1 Å². The number of carbonyl (C=O) groups is 2. The number of methoxy groups -OCH3 is 1. The van der Waals surface area contributed by atoms with Crippen LogP contribution in [0.15, 0.2) is 47.4 Å². The van der Waals surface area contributed by atoms with E-state index in [1.807, 2.05) is 0 Å². The minimum absolute atomic E-state index is 0.00148. The monoisotopic (exact) mass is 462 g/mol. The molecule has 0 unspecified atom stereocenters. The van der Waals surface area contributed by atoms with E-state index in [2.05, 4.69) is 10.0 Å². The maximum absolute atomic E-state index is 12.4. The second-order valence-corrected chi connectivity index (χ2v) is 8.83. The second-order valence-electron chi connectivity index (χ2n) is 7.06. The van der Waals surface area contributed by atoms with Crippen LogP contribution in [-0.4, -0.2) is 53.5 Å². The fourth-order valence-electron chi connectivity index (χ4n) is 3.02. The van der Waals surface area contributed by atoms with Gasteiger partial charge in [-0.1, -0.05) is 0 Å². The lowest BCUT2D eigenvalue weighted by Crippen LogP contribution is -2.34. The lowest BCUT2D eigenvalue weighted by Gasteiger charge is -2.10. The molecular weight excluding hydrogens is 436 g/mol. The summed E-state index contributed by atoms with van der Waals surface area (Å²) in [6.07, 6.45) is 0.802. The van der Waals surface area contributed by atoms with Crippen LogP contribution in [-0.2, 0) is 14.8 Å². The Morgan fingerprint density at radius 1 is 0.969 bits per heavy atom. The number of ketones is 1. The first kappa shape index (κ1) is 23.6. The van der Waals surface area contributed by atoms with E-state index >= 15 is 0 Å². The fourth-order valence-corrected chi connectivity index (χ4v) is 4.05. The van der Waals surface area contributed by atoms with Crippen molar-refractivity contribution in [3.63, 3.8) is 0 Å². The summed E-state index contributed by atoms with van der Waals surface area (Å²) in [5, 5.41) is 2.61. The van der Waals surface area contributed by atoms with E-state index in [9.17, 15) is 18.0 Å². The van der Waals surface area contributed by atoms with Gasteiger partial charge in [0.2, 0.25) is 15.9 Å². The Morgan fingerprint density at radius 3 is 2.41 bits per heavy atom. The molecule has 32 heavy (non-hydrogen) atoms. The molecule has 2 aromatic carbocycles. The van der Waals surface area contributed by atoms with Gasteiger partial charge < -0.3 is 19.5 Å². The predicted molar refractivity (Wildman–Crippen MR) is 117 cm³/mol. The zero-order chi connectivity index (χ0) is 23.0. The minimum atomic E-state index is -3.69. The Labute approximate surface area is 187 Å². The number of sulfonamides is 1. The molecule has 10 heteroatoms. The Kier molecular flexibility index (Phi) is 8.07. The van der Waals surface area contributed by atoms with E-state index in [0.717, 1.165) is 6.42 Å². The van der Waals surface area contributed by atoms with Gasteiger partial charge in [0.15, 0.2) is 17.3 Å². The molecule has 0 spiro atoms. The van der Waals surface area contributed by atoms with Crippen molar-refractivity contribution in [1.82, 2.24) is 10.0 Å². The first-order chi connectivity index (χ1) is 15.4. The van der Waals surface area contributed by atoms with E-state index in [0.29, 0.717) is 36.0 Å². The number of amides is 1. The second kappa shape index (κ2) is 11.0. The van der Waals surface area contributed by atoms with Crippen LogP contribution < -0.4 is 24.2 Å². The molecule has 172 valence electrons. The molecule has 0 aromatic heterocycles. The average Bonchev–Trinajstić information content (AvgIpc) is 3.05. The summed E-state index contributed by atoms with van der Waals surface area (Å²) in [5.74, 6) is 1.17. The van der Waals surface area contributed by atoms with Crippen molar-refractivity contribution < 1.29 is 32.2 Å². The lowest BCUT2D eigenvalue weighted by atomic mass is 10.1. The van der Waals surface area contributed by atoms with Crippen LogP contribution in [0.1, 0.15) is 29.6 Å². The Hall–Kier alpha value is -3.11. The molecule has 1 aliphatic heterocycles. The van der Waals surface area contributed by atoms with E-state index in [4.69, 9.17) is 14.2 Å². The summed E-state index contributed by atoms with van der Waals surface area (Å²) in [5.41, 5.74) is 0.453. The molecule has 1 aliphatic rings. The fraction of sp³-hybridized carbons (Fsp3) is 0.364. The standard InChI is InChI=1S/C22H26N2O7S/c1-29-17-4-6-18(7-5-17)32(27,28)24-12-11-23-22(26)10-8-19(25)16-3-9-20-21(15-16)31-14-2-13-30-20/h3-7,9,15,24H,2,8,10-14H2,1H3,(H,23,26). The average molecular weight is 463 g/mol. The number of hydrogen-bond acceptors (Lipinski definition) is 7. The van der Waals surface area contributed by atoms with E-state index < -0.39 is 10.0 Å². The molecule has 0 bridgehead atoms. The Bertz CT molecular complexity index is 1050. The predicted octanol–water partition coefficient (Wildman–Crippen LogP) is 1.91. The maximum Gasteiger partial charge on any atom is 0.240 e. The normalized spacial score (nSPS) is 13.2. The number of ether oxygens (including phenoxy) is 3. The molecule has 9 nitrogen and oxygen atoms in total.